The van der Waals surface area contributed by atoms with E-state index in [1.165, 1.54) is 68.3 Å². The summed E-state index contributed by atoms with van der Waals surface area (Å²) in [6, 6.07) is 103. The summed E-state index contributed by atoms with van der Waals surface area (Å²) in [6.07, 6.45) is 8.31. The first-order valence-electron chi connectivity index (χ1n) is 33.5. The number of aromatic nitrogens is 5. The number of fused-ring (bicyclic) bond motifs is 9. The molecule has 0 amide bonds. The molecule has 11 aromatic carbocycles. The number of pyridine rings is 2. The average Bonchev–Trinajstić information content (AvgIpc) is 1.74. The number of hydrogen-bond donors (Lipinski definition) is 1. The van der Waals surface area contributed by atoms with E-state index in [9.17, 15) is 9.90 Å². The minimum atomic E-state index is -1.58. The first-order valence-corrected chi connectivity index (χ1v) is 34.3. The molecule has 0 radical (unpaired) electrons. The van der Waals surface area contributed by atoms with Crippen molar-refractivity contribution in [3.8, 4) is 39.6 Å². The quantitative estimate of drug-likeness (QED) is 0.0787. The molecule has 1 N–H and O–H groups in total. The van der Waals surface area contributed by atoms with E-state index in [1.54, 1.807) is 31.5 Å². The molecule has 0 bridgehead atoms. The number of ether oxygens (including phenoxy) is 2. The second-order valence-corrected chi connectivity index (χ2v) is 24.7. The summed E-state index contributed by atoms with van der Waals surface area (Å²) in [5.41, 5.74) is 14.4. The number of unbranched alkanes of at least 4 members (excludes halogenated alkanes) is 1. The molecule has 0 spiro atoms. The fourth-order valence-corrected chi connectivity index (χ4v) is 13.5. The van der Waals surface area contributed by atoms with Crippen molar-refractivity contribution < 1.29 is 38.2 Å². The number of benzene rings is 11. The van der Waals surface area contributed by atoms with E-state index in [1.807, 2.05) is 72.8 Å². The smallest absolute Gasteiger partial charge is 0.462 e. The molecule has 0 saturated carbocycles. The molecule has 17 rings (SSSR count). The number of hydrogen-bond acceptors (Lipinski definition) is 6. The molecule has 11 heteroatoms. The Bertz CT molecular complexity index is 5060. The maximum absolute atomic E-state index is 13.7. The fraction of sp³-hybridized carbons (Fsp3) is 0.114. The van der Waals surface area contributed by atoms with Crippen LogP contribution in [0.25, 0.3) is 105 Å². The monoisotopic (exact) mass is 1350 g/mol. The normalized spacial score (nSPS) is 11.8. The van der Waals surface area contributed by atoms with Crippen LogP contribution >= 0.6 is 15.9 Å². The maximum Gasteiger partial charge on any atom is 1.00 e. The molecule has 99 heavy (non-hydrogen) atoms. The minimum absolute atomic E-state index is 0. The van der Waals surface area contributed by atoms with Gasteiger partial charge in [-0.2, -0.15) is 6.42 Å². The van der Waals surface area contributed by atoms with Gasteiger partial charge in [0.2, 0.25) is 0 Å². The molecule has 0 atom stereocenters. The number of esters is 1. The van der Waals surface area contributed by atoms with Gasteiger partial charge in [0.15, 0.2) is 0 Å². The van der Waals surface area contributed by atoms with Crippen LogP contribution in [0.4, 0.5) is 0 Å². The molecular weight excluding hydrogens is 1280 g/mol. The summed E-state index contributed by atoms with van der Waals surface area (Å²) in [5.74, 6) is -0.334. The third-order valence-corrected chi connectivity index (χ3v) is 18.1. The van der Waals surface area contributed by atoms with Gasteiger partial charge in [0, 0.05) is 96.2 Å². The topological polar surface area (TPSA) is 96.3 Å². The van der Waals surface area contributed by atoms with Crippen molar-refractivity contribution >= 4 is 87.3 Å². The first-order chi connectivity index (χ1) is 48.3. The van der Waals surface area contributed by atoms with Gasteiger partial charge in [-0.25, -0.2) is 4.79 Å². The second kappa shape index (κ2) is 32.3. The number of aliphatic hydroxyl groups is 1. The fourth-order valence-electron chi connectivity index (χ4n) is 13.1. The van der Waals surface area contributed by atoms with E-state index < -0.39 is 5.60 Å². The summed E-state index contributed by atoms with van der Waals surface area (Å²) in [5, 5.41) is 21.1. The molecule has 484 valence electrons. The van der Waals surface area contributed by atoms with E-state index in [0.29, 0.717) is 23.4 Å². The van der Waals surface area contributed by atoms with Crippen molar-refractivity contribution in [2.24, 2.45) is 0 Å². The molecule has 16 aromatic rings. The summed E-state index contributed by atoms with van der Waals surface area (Å²) >= 11 is 3.56. The number of rotatable bonds is 11. The number of carbonyl (C=O) groups is 1. The SMILES string of the molecule is Brc1cccc(-n2c3ccccc3c3ccccc32)c1.C1CCOC1.CCOC(=O)c1cccnc1-c1ccccc1.OC(c1cccc(-n2c3ccccc3c3ccccc32)c1)(c1cccc(-n2c3ccccc3c3ccccc32)c1)c1cccnc1-c1ccccc1.[CH2-]CCC.[Li+]. The van der Waals surface area contributed by atoms with Crippen LogP contribution in [0, 0.1) is 6.92 Å². The molecule has 0 aliphatic carbocycles. The van der Waals surface area contributed by atoms with Gasteiger partial charge in [0.05, 0.1) is 56.7 Å². The molecule has 1 aliphatic heterocycles. The van der Waals surface area contributed by atoms with E-state index in [-0.39, 0.29) is 24.8 Å². The Morgan fingerprint density at radius 2 is 0.808 bits per heavy atom. The van der Waals surface area contributed by atoms with Crippen LogP contribution in [0.2, 0.25) is 0 Å². The average molecular weight is 1350 g/mol. The number of para-hydroxylation sites is 6. The van der Waals surface area contributed by atoms with Gasteiger partial charge in [0.25, 0.3) is 0 Å². The second-order valence-electron chi connectivity index (χ2n) is 23.8. The van der Waals surface area contributed by atoms with Gasteiger partial charge >= 0.3 is 24.8 Å². The summed E-state index contributed by atoms with van der Waals surface area (Å²) < 4.78 is 18.0. The predicted octanol–water partition coefficient (Wildman–Crippen LogP) is 19.1. The first kappa shape index (κ1) is 68.5. The van der Waals surface area contributed by atoms with Crippen molar-refractivity contribution in [1.82, 2.24) is 23.7 Å². The number of nitrogens with zero attached hydrogens (tertiary/aromatic N) is 5. The van der Waals surface area contributed by atoms with E-state index >= 15 is 0 Å². The standard InChI is InChI=1S/C48H33N3O.C18H12BrN.C14H13NO2.C4H8O.C4H9.Li/c52-48(42-25-14-30-49-47(42)33-15-2-1-3-16-33,34-17-12-19-36(31-34)50-43-26-8-4-21-38(43)39-22-5-9-27-44(39)50)35-18-13-20-37(32-35)51-45-28-10-6-23-40(45)41-24-7-11-29-46(41)51;19-13-6-5-7-14(12-13)20-17-10-3-1-8-15(17)16-9-2-4-11-18(16)20;1-2-17-14(16)12-9-6-10-15-13(12)11-7-4-3-5-8-11;1-2-4-5-3-1;1-3-4-2;/h1-32,52H;1-12H;3-10H,2H2,1H3;1-4H2;1,3-4H2,2H3;/q;;;;-1;+1. The van der Waals surface area contributed by atoms with Crippen molar-refractivity contribution in [2.75, 3.05) is 19.8 Å². The van der Waals surface area contributed by atoms with E-state index in [2.05, 4.69) is 267 Å². The zero-order valence-corrected chi connectivity index (χ0v) is 57.6. The number of halogens is 1. The van der Waals surface area contributed by atoms with Crippen LogP contribution in [0.1, 0.15) is 66.6 Å². The summed E-state index contributed by atoms with van der Waals surface area (Å²) in [6.45, 7) is 9.87. The van der Waals surface area contributed by atoms with Crippen molar-refractivity contribution in [3.05, 3.63) is 349 Å². The Hall–Kier alpha value is -10.4. The Labute approximate surface area is 598 Å². The third kappa shape index (κ3) is 14.5. The van der Waals surface area contributed by atoms with Crippen LogP contribution in [0.15, 0.2) is 320 Å². The molecule has 1 saturated heterocycles. The largest absolute Gasteiger partial charge is 1.00 e. The van der Waals surface area contributed by atoms with E-state index in [4.69, 9.17) is 14.5 Å². The Morgan fingerprint density at radius 3 is 1.18 bits per heavy atom. The summed E-state index contributed by atoms with van der Waals surface area (Å²) in [7, 11) is 0. The Kier molecular flexibility index (Phi) is 22.4. The minimum Gasteiger partial charge on any atom is -0.462 e. The molecule has 6 heterocycles. The Morgan fingerprint density at radius 1 is 0.455 bits per heavy atom. The molecule has 1 aliphatic rings. The van der Waals surface area contributed by atoms with Crippen LogP contribution < -0.4 is 18.9 Å². The van der Waals surface area contributed by atoms with Crippen LogP contribution in [0.5, 0.6) is 0 Å². The van der Waals surface area contributed by atoms with Gasteiger partial charge in [-0.1, -0.05) is 236 Å². The van der Waals surface area contributed by atoms with Gasteiger partial charge in [-0.15, -0.1) is 0 Å². The van der Waals surface area contributed by atoms with Gasteiger partial charge < -0.3 is 35.2 Å². The van der Waals surface area contributed by atoms with Gasteiger partial charge in [-0.05, 0) is 128 Å². The zero-order valence-electron chi connectivity index (χ0n) is 56.0. The van der Waals surface area contributed by atoms with Crippen LogP contribution in [-0.2, 0) is 15.1 Å². The Balaban J connectivity index is 0.000000160. The van der Waals surface area contributed by atoms with Crippen LogP contribution in [-0.4, -0.2) is 54.6 Å². The van der Waals surface area contributed by atoms with Gasteiger partial charge in [0.1, 0.15) is 5.60 Å². The summed E-state index contributed by atoms with van der Waals surface area (Å²) in [4.78, 5) is 20.9. The molecular formula is C88H75BrLiN5O4. The molecule has 1 fully saturated rings. The molecule has 9 nitrogen and oxygen atoms in total. The predicted molar refractivity (Wildman–Crippen MR) is 408 cm³/mol. The van der Waals surface area contributed by atoms with Crippen molar-refractivity contribution in [2.45, 2.75) is 45.1 Å². The molecule has 5 aromatic heterocycles. The van der Waals surface area contributed by atoms with Crippen LogP contribution in [0.3, 0.4) is 0 Å². The zero-order chi connectivity index (χ0) is 67.2. The number of carbonyl (C=O) groups excluding carboxylic acids is 1. The van der Waals surface area contributed by atoms with Gasteiger partial charge in [-0.3, -0.25) is 9.97 Å². The van der Waals surface area contributed by atoms with Crippen molar-refractivity contribution in [3.63, 3.8) is 0 Å². The van der Waals surface area contributed by atoms with Crippen molar-refractivity contribution in [1.29, 1.82) is 0 Å². The maximum atomic E-state index is 13.7. The van der Waals surface area contributed by atoms with E-state index in [0.717, 1.165) is 85.5 Å². The third-order valence-electron chi connectivity index (χ3n) is 17.6. The molecule has 0 unspecified atom stereocenters.